The molecule has 1 aromatic heterocycles. The molecule has 0 spiro atoms. The molecule has 1 amide bonds. The Hall–Kier alpha value is -4.62. The van der Waals surface area contributed by atoms with Gasteiger partial charge < -0.3 is 14.8 Å². The van der Waals surface area contributed by atoms with Gasteiger partial charge in [-0.15, -0.1) is 23.5 Å². The zero-order valence-electron chi connectivity index (χ0n) is 19.0. The fourth-order valence-electron chi connectivity index (χ4n) is 3.24. The lowest BCUT2D eigenvalue weighted by molar-refractivity contribution is -0.274. The normalized spacial score (nSPS) is 11.2. The summed E-state index contributed by atoms with van der Waals surface area (Å²) in [6.45, 7) is 0.318. The minimum Gasteiger partial charge on any atom is -0.410 e. The van der Waals surface area contributed by atoms with Crippen LogP contribution in [-0.4, -0.2) is 44.2 Å². The van der Waals surface area contributed by atoms with Gasteiger partial charge in [0, 0.05) is 12.1 Å². The smallest absolute Gasteiger partial charge is 0.410 e. The first-order valence-electron chi connectivity index (χ1n) is 10.8. The number of benzene rings is 3. The predicted molar refractivity (Wildman–Crippen MR) is 124 cm³/mol. The molecule has 192 valence electrons. The highest BCUT2D eigenvalue weighted by molar-refractivity contribution is 5.70. The Morgan fingerprint density at radius 1 is 0.946 bits per heavy atom. The summed E-state index contributed by atoms with van der Waals surface area (Å²) in [5.74, 6) is 0.344. The Morgan fingerprint density at radius 3 is 2.22 bits per heavy atom. The Bertz CT molecular complexity index is 1320. The van der Waals surface area contributed by atoms with Gasteiger partial charge in [0.2, 0.25) is 0 Å². The van der Waals surface area contributed by atoms with Crippen LogP contribution in [0, 0.1) is 0 Å². The number of amides is 1. The molecule has 1 heterocycles. The van der Waals surface area contributed by atoms with Crippen LogP contribution < -0.4 is 20.0 Å². The zero-order valence-corrected chi connectivity index (χ0v) is 19.0. The molecule has 0 saturated carbocycles. The Morgan fingerprint density at radius 2 is 1.59 bits per heavy atom. The fraction of sp³-hybridized carbons (Fsp3) is 0.125. The summed E-state index contributed by atoms with van der Waals surface area (Å²) in [6, 6.07) is 18.2. The highest BCUT2D eigenvalue weighted by Gasteiger charge is 2.31. The van der Waals surface area contributed by atoms with Gasteiger partial charge in [0.1, 0.15) is 17.8 Å². The lowest BCUT2D eigenvalue weighted by Gasteiger charge is -2.09. The van der Waals surface area contributed by atoms with Gasteiger partial charge in [-0.25, -0.2) is 14.5 Å². The van der Waals surface area contributed by atoms with Crippen LogP contribution in [0.15, 0.2) is 79.1 Å². The highest BCUT2D eigenvalue weighted by atomic mass is 19.4. The summed E-state index contributed by atoms with van der Waals surface area (Å²) in [7, 11) is 0. The second-order valence-corrected chi connectivity index (χ2v) is 7.60. The first-order chi connectivity index (χ1) is 17.7. The third-order valence-electron chi connectivity index (χ3n) is 5.00. The van der Waals surface area contributed by atoms with E-state index in [-0.39, 0.29) is 22.4 Å². The number of carbonyl (C=O) groups is 1. The number of halogens is 3. The molecule has 10 nitrogen and oxygen atoms in total. The molecule has 3 N–H and O–H groups in total. The molecule has 37 heavy (non-hydrogen) atoms. The Labute approximate surface area is 208 Å². The van der Waals surface area contributed by atoms with Crippen LogP contribution in [0.25, 0.3) is 17.1 Å². The fourth-order valence-corrected chi connectivity index (χ4v) is 3.24. The molecule has 0 atom stereocenters. The maximum absolute atomic E-state index is 12.3. The van der Waals surface area contributed by atoms with Crippen molar-refractivity contribution in [3.63, 3.8) is 0 Å². The molecule has 0 aliphatic rings. The van der Waals surface area contributed by atoms with Crippen molar-refractivity contribution in [2.24, 2.45) is 0 Å². The van der Waals surface area contributed by atoms with Gasteiger partial charge in [0.05, 0.1) is 11.4 Å². The second kappa shape index (κ2) is 11.0. The number of rotatable bonds is 8. The van der Waals surface area contributed by atoms with Crippen molar-refractivity contribution in [2.75, 3.05) is 11.8 Å². The summed E-state index contributed by atoms with van der Waals surface area (Å²) < 4.78 is 47.4. The number of hydrogen-bond donors (Lipinski definition) is 3. The van der Waals surface area contributed by atoms with E-state index in [2.05, 4.69) is 20.1 Å². The van der Waals surface area contributed by atoms with Crippen LogP contribution >= 0.6 is 0 Å². The molecular weight excluding hydrogens is 495 g/mol. The standard InChI is InChI=1S/C24H20F3N5O5/c25-24(26,27)37-21-11-5-18(6-12-21)31-15-29-22(30-31)17-3-1-16(2-4-17)13-14-28-23(33)36-20-9-7-19(8-10-20)32(34)35/h1-12,15,34-35H,13-14H2,(H,28,33). The van der Waals surface area contributed by atoms with Crippen LogP contribution in [0.3, 0.4) is 0 Å². The number of carbonyl (C=O) groups excluding carboxylic acids is 1. The number of ether oxygens (including phenoxy) is 2. The molecule has 13 heteroatoms. The van der Waals surface area contributed by atoms with E-state index in [1.165, 1.54) is 59.5 Å². The van der Waals surface area contributed by atoms with Crippen LogP contribution in [0.4, 0.5) is 23.7 Å². The molecule has 0 aliphatic heterocycles. The van der Waals surface area contributed by atoms with Crippen molar-refractivity contribution in [3.8, 4) is 28.6 Å². The van der Waals surface area contributed by atoms with Crippen LogP contribution in [0.1, 0.15) is 5.56 Å². The minimum absolute atomic E-state index is 0.0460. The van der Waals surface area contributed by atoms with Crippen molar-refractivity contribution in [1.82, 2.24) is 20.1 Å². The van der Waals surface area contributed by atoms with Gasteiger partial charge in [-0.3, -0.25) is 10.4 Å². The summed E-state index contributed by atoms with van der Waals surface area (Å²) in [6.07, 6.45) is -3.42. The monoisotopic (exact) mass is 515 g/mol. The first kappa shape index (κ1) is 25.5. The number of nitrogens with one attached hydrogen (secondary N) is 1. The van der Waals surface area contributed by atoms with E-state index in [9.17, 15) is 18.0 Å². The number of anilines is 1. The van der Waals surface area contributed by atoms with E-state index in [4.69, 9.17) is 15.2 Å². The van der Waals surface area contributed by atoms with E-state index < -0.39 is 12.5 Å². The predicted octanol–water partition coefficient (Wildman–Crippen LogP) is 4.75. The van der Waals surface area contributed by atoms with Crippen LogP contribution in [0.2, 0.25) is 0 Å². The third kappa shape index (κ3) is 7.19. The quantitative estimate of drug-likeness (QED) is 0.288. The van der Waals surface area contributed by atoms with E-state index in [0.29, 0.717) is 24.5 Å². The van der Waals surface area contributed by atoms with E-state index >= 15 is 0 Å². The molecule has 4 aromatic rings. The molecule has 0 aliphatic carbocycles. The van der Waals surface area contributed by atoms with Crippen LogP contribution in [-0.2, 0) is 6.42 Å². The number of alkyl halides is 3. The molecule has 0 fully saturated rings. The lowest BCUT2D eigenvalue weighted by atomic mass is 10.1. The third-order valence-corrected chi connectivity index (χ3v) is 5.00. The van der Waals surface area contributed by atoms with Crippen molar-refractivity contribution in [2.45, 2.75) is 12.8 Å². The number of nitrogens with zero attached hydrogens (tertiary/aromatic N) is 4. The van der Waals surface area contributed by atoms with Gasteiger partial charge in [0.25, 0.3) is 0 Å². The lowest BCUT2D eigenvalue weighted by Crippen LogP contribution is -2.28. The molecule has 0 radical (unpaired) electrons. The van der Waals surface area contributed by atoms with Crippen molar-refractivity contribution < 1.29 is 37.9 Å². The minimum atomic E-state index is -4.76. The summed E-state index contributed by atoms with van der Waals surface area (Å²) >= 11 is 0. The van der Waals surface area contributed by atoms with E-state index in [0.717, 1.165) is 11.1 Å². The van der Waals surface area contributed by atoms with Gasteiger partial charge >= 0.3 is 12.5 Å². The summed E-state index contributed by atoms with van der Waals surface area (Å²) in [5.41, 5.74) is 2.31. The first-order valence-corrected chi connectivity index (χ1v) is 10.8. The van der Waals surface area contributed by atoms with Crippen molar-refractivity contribution in [3.05, 3.63) is 84.7 Å². The Balaban J connectivity index is 1.27. The number of hydrogen-bond acceptors (Lipinski definition) is 8. The molecule has 3 aromatic carbocycles. The van der Waals surface area contributed by atoms with Crippen LogP contribution in [0.5, 0.6) is 11.5 Å². The zero-order chi connectivity index (χ0) is 26.4. The summed E-state index contributed by atoms with van der Waals surface area (Å²) in [5, 5.41) is 24.8. The van der Waals surface area contributed by atoms with Crippen molar-refractivity contribution in [1.29, 1.82) is 0 Å². The largest absolute Gasteiger partial charge is 0.573 e. The molecule has 0 unspecified atom stereocenters. The average Bonchev–Trinajstić information content (AvgIpc) is 3.35. The van der Waals surface area contributed by atoms with Gasteiger partial charge in [-0.1, -0.05) is 24.3 Å². The molecule has 4 rings (SSSR count). The molecular formula is C24H20F3N5O5. The second-order valence-electron chi connectivity index (χ2n) is 7.60. The van der Waals surface area contributed by atoms with Gasteiger partial charge in [-0.2, -0.15) is 0 Å². The van der Waals surface area contributed by atoms with E-state index in [1.54, 1.807) is 0 Å². The topological polar surface area (TPSA) is 122 Å². The summed E-state index contributed by atoms with van der Waals surface area (Å²) in [4.78, 5) is 16.2. The number of aromatic nitrogens is 3. The van der Waals surface area contributed by atoms with Crippen molar-refractivity contribution >= 4 is 11.8 Å². The maximum Gasteiger partial charge on any atom is 0.573 e. The van der Waals surface area contributed by atoms with E-state index in [1.807, 2.05) is 24.3 Å². The van der Waals surface area contributed by atoms with Gasteiger partial charge in [-0.05, 0) is 60.5 Å². The molecule has 0 saturated heterocycles. The highest BCUT2D eigenvalue weighted by Crippen LogP contribution is 2.24. The maximum atomic E-state index is 12.3. The SMILES string of the molecule is O=C(NCCc1ccc(-c2ncn(-c3ccc(OC(F)(F)F)cc3)n2)cc1)Oc1ccc(N(O)O)cc1. The Kier molecular flexibility index (Phi) is 7.55. The molecule has 0 bridgehead atoms. The average molecular weight is 515 g/mol. The van der Waals surface area contributed by atoms with Gasteiger partial charge in [0.15, 0.2) is 5.82 Å².